The number of anilines is 1. The SMILES string of the molecule is CCNc1cc(S(=O)(=O)N(C)CCCN(C)C)ccn1. The van der Waals surface area contributed by atoms with Crippen molar-refractivity contribution in [3.63, 3.8) is 0 Å². The highest BCUT2D eigenvalue weighted by Gasteiger charge is 2.20. The zero-order valence-corrected chi connectivity index (χ0v) is 13.4. The quantitative estimate of drug-likeness (QED) is 0.778. The first-order valence-electron chi connectivity index (χ1n) is 6.69. The fourth-order valence-corrected chi connectivity index (χ4v) is 2.98. The second-order valence-electron chi connectivity index (χ2n) is 4.89. The van der Waals surface area contributed by atoms with Crippen LogP contribution in [0.3, 0.4) is 0 Å². The zero-order chi connectivity index (χ0) is 15.2. The van der Waals surface area contributed by atoms with E-state index in [0.29, 0.717) is 18.9 Å². The monoisotopic (exact) mass is 300 g/mol. The summed E-state index contributed by atoms with van der Waals surface area (Å²) in [5, 5.41) is 3.02. The van der Waals surface area contributed by atoms with Crippen molar-refractivity contribution < 1.29 is 8.42 Å². The summed E-state index contributed by atoms with van der Waals surface area (Å²) in [5.41, 5.74) is 0. The van der Waals surface area contributed by atoms with E-state index in [4.69, 9.17) is 0 Å². The molecule has 0 bridgehead atoms. The molecule has 0 aliphatic rings. The second-order valence-corrected chi connectivity index (χ2v) is 6.94. The van der Waals surface area contributed by atoms with Crippen molar-refractivity contribution >= 4 is 15.8 Å². The van der Waals surface area contributed by atoms with E-state index in [9.17, 15) is 8.42 Å². The first-order valence-corrected chi connectivity index (χ1v) is 8.13. The Balaban J connectivity index is 2.79. The number of nitrogens with zero attached hydrogens (tertiary/aromatic N) is 3. The Labute approximate surface area is 121 Å². The standard InChI is InChI=1S/C13H24N4O2S/c1-5-14-13-11-12(7-8-15-13)20(18,19)17(4)10-6-9-16(2)3/h7-8,11H,5-6,9-10H2,1-4H3,(H,14,15). The van der Waals surface area contributed by atoms with Crippen LogP contribution in [0.2, 0.25) is 0 Å². The van der Waals surface area contributed by atoms with Gasteiger partial charge in [-0.15, -0.1) is 0 Å². The molecule has 0 saturated heterocycles. The minimum Gasteiger partial charge on any atom is -0.370 e. The van der Waals surface area contributed by atoms with Crippen molar-refractivity contribution in [3.05, 3.63) is 18.3 Å². The average molecular weight is 300 g/mol. The van der Waals surface area contributed by atoms with Gasteiger partial charge in [-0.2, -0.15) is 0 Å². The Morgan fingerprint density at radius 2 is 1.95 bits per heavy atom. The molecule has 0 radical (unpaired) electrons. The maximum Gasteiger partial charge on any atom is 0.243 e. The van der Waals surface area contributed by atoms with Crippen LogP contribution in [0.1, 0.15) is 13.3 Å². The molecule has 1 heterocycles. The summed E-state index contributed by atoms with van der Waals surface area (Å²) in [6, 6.07) is 3.10. The van der Waals surface area contributed by atoms with Crippen LogP contribution >= 0.6 is 0 Å². The molecule has 0 spiro atoms. The predicted molar refractivity (Wildman–Crippen MR) is 81.4 cm³/mol. The van der Waals surface area contributed by atoms with Crippen LogP contribution in [-0.4, -0.2) is 63.4 Å². The lowest BCUT2D eigenvalue weighted by Gasteiger charge is -2.18. The van der Waals surface area contributed by atoms with Crippen molar-refractivity contribution in [1.82, 2.24) is 14.2 Å². The third-order valence-corrected chi connectivity index (χ3v) is 4.73. The second kappa shape index (κ2) is 7.56. The first kappa shape index (κ1) is 16.9. The average Bonchev–Trinajstić information content (AvgIpc) is 2.39. The summed E-state index contributed by atoms with van der Waals surface area (Å²) in [5.74, 6) is 0.579. The van der Waals surface area contributed by atoms with Crippen LogP contribution in [0, 0.1) is 0 Å². The van der Waals surface area contributed by atoms with Crippen molar-refractivity contribution in [2.45, 2.75) is 18.2 Å². The molecule has 7 heteroatoms. The molecular formula is C13H24N4O2S. The largest absolute Gasteiger partial charge is 0.370 e. The van der Waals surface area contributed by atoms with Gasteiger partial charge in [0.25, 0.3) is 0 Å². The van der Waals surface area contributed by atoms with Gasteiger partial charge in [0.2, 0.25) is 10.0 Å². The van der Waals surface area contributed by atoms with E-state index < -0.39 is 10.0 Å². The van der Waals surface area contributed by atoms with Gasteiger partial charge in [0.1, 0.15) is 5.82 Å². The molecule has 0 atom stereocenters. The van der Waals surface area contributed by atoms with E-state index in [2.05, 4.69) is 10.3 Å². The van der Waals surface area contributed by atoms with Crippen LogP contribution in [0.5, 0.6) is 0 Å². The highest BCUT2D eigenvalue weighted by molar-refractivity contribution is 7.89. The van der Waals surface area contributed by atoms with E-state index in [1.807, 2.05) is 25.9 Å². The third-order valence-electron chi connectivity index (χ3n) is 2.88. The number of hydrogen-bond donors (Lipinski definition) is 1. The van der Waals surface area contributed by atoms with Crippen LogP contribution in [0.4, 0.5) is 5.82 Å². The summed E-state index contributed by atoms with van der Waals surface area (Å²) in [6.07, 6.45) is 2.31. The van der Waals surface area contributed by atoms with E-state index >= 15 is 0 Å². The molecule has 0 saturated carbocycles. The molecule has 0 unspecified atom stereocenters. The van der Waals surface area contributed by atoms with E-state index in [0.717, 1.165) is 13.0 Å². The van der Waals surface area contributed by atoms with Crippen molar-refractivity contribution in [2.24, 2.45) is 0 Å². The maximum atomic E-state index is 12.4. The number of aromatic nitrogens is 1. The van der Waals surface area contributed by atoms with E-state index in [1.165, 1.54) is 16.6 Å². The van der Waals surface area contributed by atoms with Gasteiger partial charge in [-0.1, -0.05) is 0 Å². The molecule has 1 N–H and O–H groups in total. The lowest BCUT2D eigenvalue weighted by atomic mass is 10.4. The molecular weight excluding hydrogens is 276 g/mol. The number of sulfonamides is 1. The van der Waals surface area contributed by atoms with Gasteiger partial charge < -0.3 is 10.2 Å². The van der Waals surface area contributed by atoms with Crippen molar-refractivity contribution in [2.75, 3.05) is 46.1 Å². The topological polar surface area (TPSA) is 65.5 Å². The van der Waals surface area contributed by atoms with Crippen LogP contribution in [-0.2, 0) is 10.0 Å². The molecule has 0 fully saturated rings. The Morgan fingerprint density at radius 3 is 2.55 bits per heavy atom. The molecule has 1 rings (SSSR count). The minimum absolute atomic E-state index is 0.274. The highest BCUT2D eigenvalue weighted by Crippen LogP contribution is 2.16. The fraction of sp³-hybridized carbons (Fsp3) is 0.615. The predicted octanol–water partition coefficient (Wildman–Crippen LogP) is 1.09. The lowest BCUT2D eigenvalue weighted by Crippen LogP contribution is -2.30. The van der Waals surface area contributed by atoms with Gasteiger partial charge in [-0.25, -0.2) is 17.7 Å². The molecule has 1 aromatic rings. The Bertz CT molecular complexity index is 517. The van der Waals surface area contributed by atoms with Gasteiger partial charge in [0, 0.05) is 32.4 Å². The lowest BCUT2D eigenvalue weighted by molar-refractivity contribution is 0.370. The molecule has 20 heavy (non-hydrogen) atoms. The summed E-state index contributed by atoms with van der Waals surface area (Å²) < 4.78 is 26.2. The number of pyridine rings is 1. The Hall–Kier alpha value is -1.18. The first-order chi connectivity index (χ1) is 9.37. The van der Waals surface area contributed by atoms with Crippen LogP contribution < -0.4 is 5.32 Å². The van der Waals surface area contributed by atoms with Crippen LogP contribution in [0.15, 0.2) is 23.2 Å². The number of nitrogens with one attached hydrogen (secondary N) is 1. The number of rotatable bonds is 8. The molecule has 6 nitrogen and oxygen atoms in total. The van der Waals surface area contributed by atoms with E-state index in [1.54, 1.807) is 13.1 Å². The summed E-state index contributed by atoms with van der Waals surface area (Å²) in [6.45, 7) is 4.00. The highest BCUT2D eigenvalue weighted by atomic mass is 32.2. The van der Waals surface area contributed by atoms with Gasteiger partial charge in [-0.3, -0.25) is 0 Å². The summed E-state index contributed by atoms with van der Waals surface area (Å²) in [4.78, 5) is 6.40. The zero-order valence-electron chi connectivity index (χ0n) is 12.6. The third kappa shape index (κ3) is 4.73. The van der Waals surface area contributed by atoms with Gasteiger partial charge in [0.15, 0.2) is 0 Å². The molecule has 114 valence electrons. The Morgan fingerprint density at radius 1 is 1.25 bits per heavy atom. The molecule has 1 aromatic heterocycles. The molecule has 0 aromatic carbocycles. The van der Waals surface area contributed by atoms with Crippen molar-refractivity contribution in [1.29, 1.82) is 0 Å². The van der Waals surface area contributed by atoms with Crippen LogP contribution in [0.25, 0.3) is 0 Å². The smallest absolute Gasteiger partial charge is 0.243 e. The molecule has 0 aliphatic heterocycles. The normalized spacial score (nSPS) is 12.1. The number of hydrogen-bond acceptors (Lipinski definition) is 5. The van der Waals surface area contributed by atoms with Gasteiger partial charge in [0.05, 0.1) is 4.90 Å². The fourth-order valence-electron chi connectivity index (χ4n) is 1.76. The summed E-state index contributed by atoms with van der Waals surface area (Å²) >= 11 is 0. The molecule has 0 aliphatic carbocycles. The van der Waals surface area contributed by atoms with Gasteiger partial charge in [-0.05, 0) is 40.1 Å². The minimum atomic E-state index is -3.44. The maximum absolute atomic E-state index is 12.4. The summed E-state index contributed by atoms with van der Waals surface area (Å²) in [7, 11) is 2.11. The van der Waals surface area contributed by atoms with Gasteiger partial charge >= 0.3 is 0 Å². The molecule has 0 amide bonds. The van der Waals surface area contributed by atoms with E-state index in [-0.39, 0.29) is 4.90 Å². The van der Waals surface area contributed by atoms with Crippen molar-refractivity contribution in [3.8, 4) is 0 Å². The Kier molecular flexibility index (Phi) is 6.38.